The standard InChI is InChI=1S/C11H18N2/c1-11(2,12)9-13-8-10-6-4-3-5-7-10/h3-7,13H,8-9,12H2,1-2H3. The van der Waals surface area contributed by atoms with Crippen LogP contribution in [0.5, 0.6) is 0 Å². The summed E-state index contributed by atoms with van der Waals surface area (Å²) in [7, 11) is 0. The zero-order valence-electron chi connectivity index (χ0n) is 8.38. The SMILES string of the molecule is CC(C)(N)CNCc1ccccc1. The maximum Gasteiger partial charge on any atom is 0.0223 e. The summed E-state index contributed by atoms with van der Waals surface area (Å²) in [5.74, 6) is 0. The van der Waals surface area contributed by atoms with Crippen LogP contribution < -0.4 is 11.1 Å². The molecule has 0 fully saturated rings. The Morgan fingerprint density at radius 2 is 1.85 bits per heavy atom. The maximum absolute atomic E-state index is 5.84. The van der Waals surface area contributed by atoms with Crippen LogP contribution in [0.3, 0.4) is 0 Å². The van der Waals surface area contributed by atoms with Crippen molar-refractivity contribution in [3.63, 3.8) is 0 Å². The summed E-state index contributed by atoms with van der Waals surface area (Å²) in [5, 5.41) is 3.32. The third-order valence-electron chi connectivity index (χ3n) is 1.75. The lowest BCUT2D eigenvalue weighted by Crippen LogP contribution is -2.42. The van der Waals surface area contributed by atoms with Gasteiger partial charge >= 0.3 is 0 Å². The van der Waals surface area contributed by atoms with Gasteiger partial charge in [0.1, 0.15) is 0 Å². The summed E-state index contributed by atoms with van der Waals surface area (Å²) >= 11 is 0. The van der Waals surface area contributed by atoms with Crippen molar-refractivity contribution in [1.82, 2.24) is 5.32 Å². The van der Waals surface area contributed by atoms with E-state index in [0.717, 1.165) is 13.1 Å². The fourth-order valence-electron chi connectivity index (χ4n) is 1.12. The third kappa shape index (κ3) is 4.65. The van der Waals surface area contributed by atoms with Crippen molar-refractivity contribution in [2.75, 3.05) is 6.54 Å². The van der Waals surface area contributed by atoms with Crippen LogP contribution in [-0.4, -0.2) is 12.1 Å². The van der Waals surface area contributed by atoms with E-state index in [-0.39, 0.29) is 5.54 Å². The van der Waals surface area contributed by atoms with Crippen LogP contribution >= 0.6 is 0 Å². The average molecular weight is 178 g/mol. The molecule has 0 spiro atoms. The molecule has 0 aliphatic heterocycles. The number of rotatable bonds is 4. The molecule has 0 bridgehead atoms. The van der Waals surface area contributed by atoms with E-state index in [0.29, 0.717) is 0 Å². The van der Waals surface area contributed by atoms with Crippen molar-refractivity contribution < 1.29 is 0 Å². The van der Waals surface area contributed by atoms with Crippen LogP contribution in [0.4, 0.5) is 0 Å². The van der Waals surface area contributed by atoms with E-state index in [4.69, 9.17) is 5.73 Å². The summed E-state index contributed by atoms with van der Waals surface area (Å²) in [5.41, 5.74) is 7.00. The Bertz CT molecular complexity index is 236. The van der Waals surface area contributed by atoms with E-state index >= 15 is 0 Å². The van der Waals surface area contributed by atoms with Gasteiger partial charge in [-0.05, 0) is 19.4 Å². The van der Waals surface area contributed by atoms with Crippen LogP contribution in [0.15, 0.2) is 30.3 Å². The van der Waals surface area contributed by atoms with Crippen LogP contribution in [0.1, 0.15) is 19.4 Å². The third-order valence-corrected chi connectivity index (χ3v) is 1.75. The Morgan fingerprint density at radius 3 is 2.38 bits per heavy atom. The van der Waals surface area contributed by atoms with Gasteiger partial charge in [-0.3, -0.25) is 0 Å². The number of benzene rings is 1. The molecule has 0 aromatic heterocycles. The molecule has 2 nitrogen and oxygen atoms in total. The second-order valence-electron chi connectivity index (χ2n) is 4.08. The van der Waals surface area contributed by atoms with E-state index in [1.54, 1.807) is 0 Å². The Kier molecular flexibility index (Phi) is 3.46. The molecule has 0 saturated carbocycles. The lowest BCUT2D eigenvalue weighted by Gasteiger charge is -2.18. The summed E-state index contributed by atoms with van der Waals surface area (Å²) in [4.78, 5) is 0. The van der Waals surface area contributed by atoms with Crippen LogP contribution in [0.2, 0.25) is 0 Å². The first kappa shape index (κ1) is 10.2. The van der Waals surface area contributed by atoms with Crippen LogP contribution in [0.25, 0.3) is 0 Å². The monoisotopic (exact) mass is 178 g/mol. The van der Waals surface area contributed by atoms with Crippen molar-refractivity contribution in [3.8, 4) is 0 Å². The van der Waals surface area contributed by atoms with Crippen molar-refractivity contribution in [3.05, 3.63) is 35.9 Å². The van der Waals surface area contributed by atoms with Gasteiger partial charge in [-0.25, -0.2) is 0 Å². The number of hydrogen-bond donors (Lipinski definition) is 2. The average Bonchev–Trinajstić information content (AvgIpc) is 2.04. The minimum absolute atomic E-state index is 0.130. The van der Waals surface area contributed by atoms with Gasteiger partial charge in [0.15, 0.2) is 0 Å². The summed E-state index contributed by atoms with van der Waals surface area (Å²) in [6.45, 7) is 5.76. The second-order valence-corrected chi connectivity index (χ2v) is 4.08. The predicted molar refractivity (Wildman–Crippen MR) is 56.4 cm³/mol. The maximum atomic E-state index is 5.84. The zero-order valence-corrected chi connectivity index (χ0v) is 8.38. The number of hydrogen-bond acceptors (Lipinski definition) is 2. The van der Waals surface area contributed by atoms with E-state index in [2.05, 4.69) is 17.4 Å². The Morgan fingerprint density at radius 1 is 1.23 bits per heavy atom. The van der Waals surface area contributed by atoms with Crippen molar-refractivity contribution >= 4 is 0 Å². The van der Waals surface area contributed by atoms with Gasteiger partial charge < -0.3 is 11.1 Å². The molecule has 72 valence electrons. The molecule has 0 unspecified atom stereocenters. The second kappa shape index (κ2) is 4.40. The van der Waals surface area contributed by atoms with Gasteiger partial charge in [0.25, 0.3) is 0 Å². The van der Waals surface area contributed by atoms with E-state index in [9.17, 15) is 0 Å². The molecule has 0 amide bonds. The highest BCUT2D eigenvalue weighted by atomic mass is 14.9. The predicted octanol–water partition coefficient (Wildman–Crippen LogP) is 1.51. The van der Waals surface area contributed by atoms with E-state index in [1.807, 2.05) is 32.0 Å². The van der Waals surface area contributed by atoms with E-state index in [1.165, 1.54) is 5.56 Å². The zero-order chi connectivity index (χ0) is 9.73. The fourth-order valence-corrected chi connectivity index (χ4v) is 1.12. The van der Waals surface area contributed by atoms with Gasteiger partial charge in [-0.1, -0.05) is 30.3 Å². The Balaban J connectivity index is 2.29. The highest BCUT2D eigenvalue weighted by molar-refractivity contribution is 5.14. The van der Waals surface area contributed by atoms with Gasteiger partial charge in [-0.15, -0.1) is 0 Å². The molecule has 0 saturated heterocycles. The topological polar surface area (TPSA) is 38.0 Å². The molecule has 0 aliphatic rings. The Hall–Kier alpha value is -0.860. The van der Waals surface area contributed by atoms with E-state index < -0.39 is 0 Å². The molecular formula is C11H18N2. The number of nitrogens with one attached hydrogen (secondary N) is 1. The summed E-state index contributed by atoms with van der Waals surface area (Å²) in [6.07, 6.45) is 0. The van der Waals surface area contributed by atoms with Gasteiger partial charge in [0.05, 0.1) is 0 Å². The molecule has 0 heterocycles. The van der Waals surface area contributed by atoms with Gasteiger partial charge in [-0.2, -0.15) is 0 Å². The first-order chi connectivity index (χ1) is 6.08. The van der Waals surface area contributed by atoms with Crippen molar-refractivity contribution in [2.45, 2.75) is 25.9 Å². The molecule has 2 heteroatoms. The van der Waals surface area contributed by atoms with Gasteiger partial charge in [0, 0.05) is 18.6 Å². The molecule has 13 heavy (non-hydrogen) atoms. The minimum Gasteiger partial charge on any atom is -0.324 e. The molecule has 1 aromatic rings. The first-order valence-corrected chi connectivity index (χ1v) is 4.61. The van der Waals surface area contributed by atoms with Crippen LogP contribution in [-0.2, 0) is 6.54 Å². The molecule has 0 aliphatic carbocycles. The van der Waals surface area contributed by atoms with Crippen molar-refractivity contribution in [2.24, 2.45) is 5.73 Å². The van der Waals surface area contributed by atoms with Crippen LogP contribution in [0, 0.1) is 0 Å². The molecular weight excluding hydrogens is 160 g/mol. The molecule has 1 rings (SSSR count). The lowest BCUT2D eigenvalue weighted by atomic mass is 10.1. The molecule has 1 aromatic carbocycles. The Labute approximate surface area is 80.1 Å². The highest BCUT2D eigenvalue weighted by Gasteiger charge is 2.08. The smallest absolute Gasteiger partial charge is 0.0223 e. The fraction of sp³-hybridized carbons (Fsp3) is 0.455. The molecule has 3 N–H and O–H groups in total. The quantitative estimate of drug-likeness (QED) is 0.733. The lowest BCUT2D eigenvalue weighted by molar-refractivity contribution is 0.466. The highest BCUT2D eigenvalue weighted by Crippen LogP contribution is 1.98. The molecule has 0 atom stereocenters. The van der Waals surface area contributed by atoms with Crippen molar-refractivity contribution in [1.29, 1.82) is 0 Å². The largest absolute Gasteiger partial charge is 0.324 e. The summed E-state index contributed by atoms with van der Waals surface area (Å²) < 4.78 is 0. The van der Waals surface area contributed by atoms with Gasteiger partial charge in [0.2, 0.25) is 0 Å². The minimum atomic E-state index is -0.130. The molecule has 0 radical (unpaired) electrons. The normalized spacial score (nSPS) is 11.6. The summed E-state index contributed by atoms with van der Waals surface area (Å²) in [6, 6.07) is 10.3. The number of nitrogens with two attached hydrogens (primary N) is 1. The first-order valence-electron chi connectivity index (χ1n) is 4.61.